The molecule has 0 fully saturated rings. The molecule has 0 aliphatic heterocycles. The minimum atomic E-state index is 0.831. The van der Waals surface area contributed by atoms with Gasteiger partial charge >= 0.3 is 0 Å². The lowest BCUT2D eigenvalue weighted by molar-refractivity contribution is 1.15. The van der Waals surface area contributed by atoms with Crippen LogP contribution in [0.15, 0.2) is 206 Å². The molecule has 0 unspecified atom stereocenters. The van der Waals surface area contributed by atoms with Crippen molar-refractivity contribution >= 4 is 43.6 Å². The van der Waals surface area contributed by atoms with Crippen LogP contribution in [0.5, 0.6) is 0 Å². The first-order valence-corrected chi connectivity index (χ1v) is 19.0. The van der Waals surface area contributed by atoms with Crippen LogP contribution in [-0.4, -0.2) is 19.1 Å². The summed E-state index contributed by atoms with van der Waals surface area (Å²) in [4.78, 5) is 10.3. The molecule has 7 aromatic carbocycles. The summed E-state index contributed by atoms with van der Waals surface area (Å²) in [6.07, 6.45) is 0. The molecule has 0 aliphatic rings. The molecule has 4 heteroatoms. The maximum absolute atomic E-state index is 5.29. The van der Waals surface area contributed by atoms with E-state index in [4.69, 9.17) is 9.97 Å². The summed E-state index contributed by atoms with van der Waals surface area (Å²) < 4.78 is 4.90. The maximum atomic E-state index is 5.29. The lowest BCUT2D eigenvalue weighted by Gasteiger charge is -2.16. The van der Waals surface area contributed by atoms with Gasteiger partial charge in [0.2, 0.25) is 0 Å². The lowest BCUT2D eigenvalue weighted by atomic mass is 9.99. The molecule has 0 atom stereocenters. The molecule has 11 rings (SSSR count). The number of fused-ring (bicyclic) bond motifs is 7. The Bertz CT molecular complexity index is 3230. The molecular formula is C52H34N4. The lowest BCUT2D eigenvalue weighted by Crippen LogP contribution is -2.00. The van der Waals surface area contributed by atoms with Gasteiger partial charge in [-0.15, -0.1) is 0 Å². The average Bonchev–Trinajstić information content (AvgIpc) is 3.80. The van der Waals surface area contributed by atoms with Crippen molar-refractivity contribution in [2.45, 2.75) is 0 Å². The number of para-hydroxylation sites is 3. The summed E-state index contributed by atoms with van der Waals surface area (Å²) in [6, 6.07) is 73.1. The summed E-state index contributed by atoms with van der Waals surface area (Å²) >= 11 is 0. The Morgan fingerprint density at radius 1 is 0.268 bits per heavy atom. The first-order valence-electron chi connectivity index (χ1n) is 19.0. The largest absolute Gasteiger partial charge is 0.307 e. The van der Waals surface area contributed by atoms with Crippen LogP contribution in [0.3, 0.4) is 0 Å². The number of pyridine rings is 2. The highest BCUT2D eigenvalue weighted by Crippen LogP contribution is 2.42. The molecule has 0 spiro atoms. The monoisotopic (exact) mass is 714 g/mol. The van der Waals surface area contributed by atoms with Crippen molar-refractivity contribution in [1.82, 2.24) is 19.1 Å². The molecule has 0 N–H and O–H groups in total. The third-order valence-corrected chi connectivity index (χ3v) is 10.9. The third kappa shape index (κ3) is 5.23. The summed E-state index contributed by atoms with van der Waals surface area (Å²) in [5.74, 6) is 0. The fourth-order valence-corrected chi connectivity index (χ4v) is 8.38. The summed E-state index contributed by atoms with van der Waals surface area (Å²) in [6.45, 7) is 0. The highest BCUT2D eigenvalue weighted by Gasteiger charge is 2.22. The van der Waals surface area contributed by atoms with Gasteiger partial charge in [0, 0.05) is 44.0 Å². The van der Waals surface area contributed by atoms with Gasteiger partial charge in [-0.1, -0.05) is 140 Å². The zero-order valence-electron chi connectivity index (χ0n) is 30.4. The normalized spacial score (nSPS) is 11.6. The van der Waals surface area contributed by atoms with Crippen LogP contribution in [0.25, 0.3) is 100 Å². The van der Waals surface area contributed by atoms with Crippen molar-refractivity contribution in [2.24, 2.45) is 0 Å². The maximum Gasteiger partial charge on any atom is 0.0893 e. The van der Waals surface area contributed by atoms with E-state index in [1.54, 1.807) is 0 Å². The minimum absolute atomic E-state index is 0.831. The van der Waals surface area contributed by atoms with Gasteiger partial charge in [-0.25, -0.2) is 9.97 Å². The average molecular weight is 715 g/mol. The highest BCUT2D eigenvalue weighted by molar-refractivity contribution is 6.23. The number of hydrogen-bond donors (Lipinski definition) is 0. The van der Waals surface area contributed by atoms with Crippen molar-refractivity contribution in [1.29, 1.82) is 0 Å². The Balaban J connectivity index is 1.19. The van der Waals surface area contributed by atoms with Crippen molar-refractivity contribution < 1.29 is 0 Å². The SMILES string of the molecule is c1ccc(-c2cc(-c3cccc(-c4cccc(-c5ccccc5)n4)n3)cc(-n3c4ccccc4c4ccc5c6ccccc6n(-c6ccccc6)c5c43)c2)cc1. The number of aromatic nitrogens is 4. The smallest absolute Gasteiger partial charge is 0.0893 e. The molecular weight excluding hydrogens is 681 g/mol. The van der Waals surface area contributed by atoms with Crippen LogP contribution in [0.1, 0.15) is 0 Å². The van der Waals surface area contributed by atoms with Crippen LogP contribution in [0, 0.1) is 0 Å². The zero-order chi connectivity index (χ0) is 37.0. The Morgan fingerprint density at radius 2 is 0.714 bits per heavy atom. The predicted molar refractivity (Wildman–Crippen MR) is 232 cm³/mol. The van der Waals surface area contributed by atoms with Crippen LogP contribution >= 0.6 is 0 Å². The van der Waals surface area contributed by atoms with Crippen LogP contribution in [0.2, 0.25) is 0 Å². The van der Waals surface area contributed by atoms with E-state index in [9.17, 15) is 0 Å². The standard InChI is InChI=1S/C52H34N4/c1-4-16-35(17-5-1)37-32-38(46-25-15-27-48(54-46)47-26-14-24-45(53-47)36-18-6-2-7-19-36)34-40(33-37)56-50-29-13-11-23-42(50)44-31-30-43-41-22-10-12-28-49(41)55(51(43)52(44)56)39-20-8-3-9-21-39/h1-34H. The number of rotatable bonds is 6. The van der Waals surface area contributed by atoms with E-state index in [0.29, 0.717) is 0 Å². The van der Waals surface area contributed by atoms with Crippen LogP contribution in [0.4, 0.5) is 0 Å². The second-order valence-electron chi connectivity index (χ2n) is 14.2. The van der Waals surface area contributed by atoms with Gasteiger partial charge in [-0.3, -0.25) is 0 Å². The second-order valence-corrected chi connectivity index (χ2v) is 14.2. The first kappa shape index (κ1) is 31.9. The number of hydrogen-bond acceptors (Lipinski definition) is 2. The Hall–Kier alpha value is -7.56. The van der Waals surface area contributed by atoms with Crippen molar-refractivity contribution in [3.05, 3.63) is 206 Å². The number of nitrogens with zero attached hydrogens (tertiary/aromatic N) is 4. The van der Waals surface area contributed by atoms with Crippen LogP contribution in [-0.2, 0) is 0 Å². The molecule has 0 saturated carbocycles. The van der Waals surface area contributed by atoms with Gasteiger partial charge in [0.15, 0.2) is 0 Å². The fraction of sp³-hybridized carbons (Fsp3) is 0. The predicted octanol–water partition coefficient (Wildman–Crippen LogP) is 13.3. The van der Waals surface area contributed by atoms with E-state index in [0.717, 1.165) is 61.9 Å². The molecule has 0 saturated heterocycles. The van der Waals surface area contributed by atoms with E-state index in [1.165, 1.54) is 38.1 Å². The number of benzene rings is 7. The summed E-state index contributed by atoms with van der Waals surface area (Å²) in [5, 5.41) is 4.88. The molecule has 0 radical (unpaired) electrons. The fourth-order valence-electron chi connectivity index (χ4n) is 8.38. The van der Waals surface area contributed by atoms with E-state index >= 15 is 0 Å². The summed E-state index contributed by atoms with van der Waals surface area (Å²) in [7, 11) is 0. The van der Waals surface area contributed by atoms with E-state index < -0.39 is 0 Å². The van der Waals surface area contributed by atoms with Gasteiger partial charge in [0.25, 0.3) is 0 Å². The van der Waals surface area contributed by atoms with E-state index in [1.807, 2.05) is 24.3 Å². The molecule has 4 heterocycles. The molecule has 0 bridgehead atoms. The summed E-state index contributed by atoms with van der Waals surface area (Å²) in [5.41, 5.74) is 14.8. The second kappa shape index (κ2) is 13.1. The molecule has 0 amide bonds. The molecule has 4 aromatic heterocycles. The minimum Gasteiger partial charge on any atom is -0.307 e. The molecule has 0 aliphatic carbocycles. The van der Waals surface area contributed by atoms with Gasteiger partial charge in [0.1, 0.15) is 0 Å². The Labute approximate surface area is 324 Å². The highest BCUT2D eigenvalue weighted by atomic mass is 15.0. The van der Waals surface area contributed by atoms with Gasteiger partial charge in [-0.2, -0.15) is 0 Å². The third-order valence-electron chi connectivity index (χ3n) is 10.9. The van der Waals surface area contributed by atoms with Gasteiger partial charge in [0.05, 0.1) is 44.8 Å². The first-order chi connectivity index (χ1) is 27.8. The van der Waals surface area contributed by atoms with E-state index in [2.05, 4.69) is 191 Å². The molecule has 56 heavy (non-hydrogen) atoms. The van der Waals surface area contributed by atoms with Crippen molar-refractivity contribution in [3.63, 3.8) is 0 Å². The van der Waals surface area contributed by atoms with Gasteiger partial charge in [-0.05, 0) is 77.9 Å². The molecule has 262 valence electrons. The molecule has 4 nitrogen and oxygen atoms in total. The van der Waals surface area contributed by atoms with Crippen molar-refractivity contribution in [2.75, 3.05) is 0 Å². The topological polar surface area (TPSA) is 35.6 Å². The van der Waals surface area contributed by atoms with Gasteiger partial charge < -0.3 is 9.13 Å². The quantitative estimate of drug-likeness (QED) is 0.172. The van der Waals surface area contributed by atoms with E-state index in [-0.39, 0.29) is 0 Å². The Kier molecular flexibility index (Phi) is 7.46. The van der Waals surface area contributed by atoms with Crippen LogP contribution < -0.4 is 0 Å². The molecule has 11 aromatic rings. The zero-order valence-corrected chi connectivity index (χ0v) is 30.4. The van der Waals surface area contributed by atoms with Crippen molar-refractivity contribution in [3.8, 4) is 56.4 Å². The Morgan fingerprint density at radius 3 is 1.30 bits per heavy atom.